The molecule has 8 heteroatoms. The van der Waals surface area contributed by atoms with Gasteiger partial charge in [-0.05, 0) is 82.2 Å². The Kier molecular flexibility index (Phi) is 7.00. The summed E-state index contributed by atoms with van der Waals surface area (Å²) in [5.74, 6) is -1.24. The van der Waals surface area contributed by atoms with Crippen molar-refractivity contribution in [2.24, 2.45) is 0 Å². The van der Waals surface area contributed by atoms with Gasteiger partial charge in [0.15, 0.2) is 5.11 Å². The Balaban J connectivity index is 1.77. The molecular formula is C28H30FN3O3S. The van der Waals surface area contributed by atoms with E-state index in [0.29, 0.717) is 18.0 Å². The molecule has 2 aliphatic heterocycles. The molecule has 0 saturated carbocycles. The van der Waals surface area contributed by atoms with Crippen molar-refractivity contribution in [2.75, 3.05) is 23.0 Å². The fourth-order valence-electron chi connectivity index (χ4n) is 4.78. The van der Waals surface area contributed by atoms with Crippen molar-refractivity contribution in [3.8, 4) is 5.75 Å². The zero-order valence-corrected chi connectivity index (χ0v) is 22.0. The number of allylic oxidation sites excluding steroid dienone is 1. The normalized spacial score (nSPS) is 18.2. The Morgan fingerprint density at radius 3 is 2.61 bits per heavy atom. The number of amides is 2. The Hall–Kier alpha value is -3.52. The minimum atomic E-state index is -0.666. The minimum absolute atomic E-state index is 0.0436. The van der Waals surface area contributed by atoms with Crippen LogP contribution in [0.2, 0.25) is 0 Å². The second-order valence-corrected chi connectivity index (χ2v) is 9.80. The minimum Gasteiger partial charge on any atom is -0.494 e. The van der Waals surface area contributed by atoms with Gasteiger partial charge in [0.2, 0.25) is 0 Å². The molecule has 4 rings (SSSR count). The van der Waals surface area contributed by atoms with Crippen molar-refractivity contribution in [1.82, 2.24) is 5.32 Å². The second-order valence-electron chi connectivity index (χ2n) is 9.41. The molecule has 2 aromatic rings. The van der Waals surface area contributed by atoms with E-state index in [4.69, 9.17) is 17.0 Å². The number of halogens is 1. The molecule has 0 radical (unpaired) electrons. The van der Waals surface area contributed by atoms with E-state index in [0.717, 1.165) is 29.8 Å². The van der Waals surface area contributed by atoms with Crippen LogP contribution >= 0.6 is 12.2 Å². The summed E-state index contributed by atoms with van der Waals surface area (Å²) in [6, 6.07) is 10.1. The van der Waals surface area contributed by atoms with Crippen LogP contribution in [0.3, 0.4) is 0 Å². The van der Waals surface area contributed by atoms with Gasteiger partial charge in [-0.25, -0.2) is 4.39 Å². The lowest BCUT2D eigenvalue weighted by Crippen LogP contribution is -2.54. The molecule has 1 fully saturated rings. The number of nitrogens with one attached hydrogen (secondary N) is 1. The van der Waals surface area contributed by atoms with Crippen LogP contribution in [0.25, 0.3) is 11.6 Å². The van der Waals surface area contributed by atoms with Crippen LogP contribution in [-0.2, 0) is 9.59 Å². The number of carbonyl (C=O) groups is 2. The van der Waals surface area contributed by atoms with Crippen LogP contribution in [0.15, 0.2) is 48.0 Å². The first-order chi connectivity index (χ1) is 17.1. The topological polar surface area (TPSA) is 61.9 Å². The second kappa shape index (κ2) is 9.85. The van der Waals surface area contributed by atoms with Gasteiger partial charge < -0.3 is 9.64 Å². The maximum atomic E-state index is 15.4. The number of anilines is 2. The first-order valence-electron chi connectivity index (χ1n) is 12.0. The van der Waals surface area contributed by atoms with Crippen molar-refractivity contribution in [2.45, 2.75) is 46.6 Å². The van der Waals surface area contributed by atoms with Crippen LogP contribution in [0.4, 0.5) is 15.8 Å². The van der Waals surface area contributed by atoms with E-state index >= 15 is 4.39 Å². The Labute approximate surface area is 216 Å². The number of fused-ring (bicyclic) bond motifs is 1. The number of rotatable bonds is 6. The highest BCUT2D eigenvalue weighted by Crippen LogP contribution is 2.40. The fourth-order valence-corrected chi connectivity index (χ4v) is 5.06. The van der Waals surface area contributed by atoms with Gasteiger partial charge in [-0.3, -0.25) is 19.8 Å². The number of carbonyl (C=O) groups excluding carboxylic acids is 2. The molecule has 2 amide bonds. The predicted octanol–water partition coefficient (Wildman–Crippen LogP) is 5.47. The van der Waals surface area contributed by atoms with Gasteiger partial charge in [0.1, 0.15) is 17.1 Å². The maximum absolute atomic E-state index is 15.4. The molecule has 0 aliphatic carbocycles. The lowest BCUT2D eigenvalue weighted by Gasteiger charge is -2.43. The van der Waals surface area contributed by atoms with E-state index in [1.54, 1.807) is 30.3 Å². The molecule has 0 bridgehead atoms. The standard InChI is InChI=1S/C28H30FN3O3S/c1-6-11-31-24-15-23(29)18(12-21(24)17(3)16-28(31,4)5)13-22-25(33)30-27(36)32(26(22)34)19-9-8-10-20(14-19)35-7-2/h8-10,12-16H,6-7,11H2,1-5H3,(H,30,33,36)/b22-13-. The summed E-state index contributed by atoms with van der Waals surface area (Å²) in [6.45, 7) is 11.4. The summed E-state index contributed by atoms with van der Waals surface area (Å²) in [5, 5.41) is 2.51. The Bertz CT molecular complexity index is 1320. The molecule has 188 valence electrons. The lowest BCUT2D eigenvalue weighted by atomic mass is 9.87. The van der Waals surface area contributed by atoms with Gasteiger partial charge in [0.05, 0.1) is 17.8 Å². The van der Waals surface area contributed by atoms with E-state index < -0.39 is 17.6 Å². The molecule has 2 aliphatic rings. The van der Waals surface area contributed by atoms with E-state index in [1.165, 1.54) is 17.0 Å². The van der Waals surface area contributed by atoms with Crippen molar-refractivity contribution in [3.63, 3.8) is 0 Å². The third-order valence-electron chi connectivity index (χ3n) is 6.33. The molecule has 2 heterocycles. The maximum Gasteiger partial charge on any atom is 0.270 e. The summed E-state index contributed by atoms with van der Waals surface area (Å²) in [6.07, 6.45) is 4.37. The molecule has 1 N–H and O–H groups in total. The quantitative estimate of drug-likeness (QED) is 0.319. The number of hydrogen-bond acceptors (Lipinski definition) is 5. The third-order valence-corrected chi connectivity index (χ3v) is 6.62. The highest BCUT2D eigenvalue weighted by Gasteiger charge is 2.36. The third kappa shape index (κ3) is 4.65. The van der Waals surface area contributed by atoms with Gasteiger partial charge in [-0.15, -0.1) is 0 Å². The van der Waals surface area contributed by atoms with Crippen LogP contribution in [0, 0.1) is 5.82 Å². The summed E-state index contributed by atoms with van der Waals surface area (Å²) in [5.41, 5.74) is 2.83. The van der Waals surface area contributed by atoms with E-state index in [-0.39, 0.29) is 21.8 Å². The average molecular weight is 508 g/mol. The first kappa shape index (κ1) is 25.6. The van der Waals surface area contributed by atoms with Gasteiger partial charge >= 0.3 is 0 Å². The molecule has 0 unspecified atom stereocenters. The Morgan fingerprint density at radius 1 is 1.17 bits per heavy atom. The van der Waals surface area contributed by atoms with E-state index in [9.17, 15) is 9.59 Å². The molecule has 36 heavy (non-hydrogen) atoms. The largest absolute Gasteiger partial charge is 0.494 e. The van der Waals surface area contributed by atoms with Crippen molar-refractivity contribution in [1.29, 1.82) is 0 Å². The van der Waals surface area contributed by atoms with Crippen molar-refractivity contribution in [3.05, 3.63) is 65.0 Å². The fraction of sp³-hybridized carbons (Fsp3) is 0.321. The highest BCUT2D eigenvalue weighted by molar-refractivity contribution is 7.80. The highest BCUT2D eigenvalue weighted by atomic mass is 32.1. The van der Waals surface area contributed by atoms with Gasteiger partial charge in [-0.1, -0.05) is 19.1 Å². The molecular weight excluding hydrogens is 477 g/mol. The van der Waals surface area contributed by atoms with Crippen LogP contribution in [0.1, 0.15) is 52.2 Å². The summed E-state index contributed by atoms with van der Waals surface area (Å²) in [4.78, 5) is 29.6. The number of ether oxygens (including phenoxy) is 1. The monoisotopic (exact) mass is 507 g/mol. The molecule has 0 atom stereocenters. The van der Waals surface area contributed by atoms with Gasteiger partial charge in [0, 0.05) is 29.4 Å². The molecule has 0 aromatic heterocycles. The van der Waals surface area contributed by atoms with E-state index in [2.05, 4.69) is 37.1 Å². The smallest absolute Gasteiger partial charge is 0.270 e. The number of thiocarbonyl (C=S) groups is 1. The van der Waals surface area contributed by atoms with Crippen LogP contribution < -0.4 is 19.9 Å². The van der Waals surface area contributed by atoms with Crippen LogP contribution in [-0.4, -0.2) is 35.6 Å². The lowest BCUT2D eigenvalue weighted by molar-refractivity contribution is -0.122. The summed E-state index contributed by atoms with van der Waals surface area (Å²) in [7, 11) is 0. The SMILES string of the molecule is CCCN1c2cc(F)c(/C=C3/C(=O)NC(=S)N(c4cccc(OCC)c4)C3=O)cc2C(C)=CC1(C)C. The molecule has 6 nitrogen and oxygen atoms in total. The average Bonchev–Trinajstić information content (AvgIpc) is 2.80. The summed E-state index contributed by atoms with van der Waals surface area (Å²) < 4.78 is 21.0. The molecule has 2 aromatic carbocycles. The van der Waals surface area contributed by atoms with Gasteiger partial charge in [0.25, 0.3) is 11.8 Å². The number of hydrogen-bond donors (Lipinski definition) is 1. The zero-order valence-electron chi connectivity index (χ0n) is 21.1. The zero-order chi connectivity index (χ0) is 26.2. The predicted molar refractivity (Wildman–Crippen MR) is 146 cm³/mol. The molecule has 0 spiro atoms. The number of benzene rings is 2. The van der Waals surface area contributed by atoms with Crippen molar-refractivity contribution >= 4 is 52.2 Å². The van der Waals surface area contributed by atoms with Gasteiger partial charge in [-0.2, -0.15) is 0 Å². The van der Waals surface area contributed by atoms with Crippen molar-refractivity contribution < 1.29 is 18.7 Å². The van der Waals surface area contributed by atoms with Crippen LogP contribution in [0.5, 0.6) is 5.75 Å². The Morgan fingerprint density at radius 2 is 1.92 bits per heavy atom. The summed E-state index contributed by atoms with van der Waals surface area (Å²) >= 11 is 5.29. The molecule has 1 saturated heterocycles. The first-order valence-corrected chi connectivity index (χ1v) is 12.4. The number of nitrogens with zero attached hydrogens (tertiary/aromatic N) is 2. The van der Waals surface area contributed by atoms with E-state index in [1.807, 2.05) is 13.8 Å².